The van der Waals surface area contributed by atoms with Crippen LogP contribution in [0.3, 0.4) is 0 Å². The summed E-state index contributed by atoms with van der Waals surface area (Å²) in [5, 5.41) is -0.675. The van der Waals surface area contributed by atoms with E-state index in [1.165, 1.54) is 6.92 Å². The maximum absolute atomic E-state index is 10.4. The molecule has 0 rings (SSSR count). The molecule has 0 fully saturated rings. The monoisotopic (exact) mass is 164 g/mol. The summed E-state index contributed by atoms with van der Waals surface area (Å²) in [5.74, 6) is 0. The summed E-state index contributed by atoms with van der Waals surface area (Å²) in [6, 6.07) is 0. The van der Waals surface area contributed by atoms with Crippen molar-refractivity contribution in [2.75, 3.05) is 0 Å². The highest BCUT2D eigenvalue weighted by Crippen LogP contribution is 2.05. The molecular weight excluding hydrogens is 152 g/mol. The Labute approximate surface area is 61.5 Å². The number of rotatable bonds is 4. The summed E-state index contributed by atoms with van der Waals surface area (Å²) in [4.78, 5) is 0. The molecule has 4 heteroatoms. The van der Waals surface area contributed by atoms with Crippen molar-refractivity contribution in [3.05, 3.63) is 12.7 Å². The molecule has 0 aromatic carbocycles. The van der Waals surface area contributed by atoms with Gasteiger partial charge >= 0.3 is 0 Å². The largest absolute Gasteiger partial charge is 0.285 e. The second-order valence-corrected chi connectivity index (χ2v) is 4.03. The SMILES string of the molecule is C=CCCC(C)S(=O)(=O)O. The lowest BCUT2D eigenvalue weighted by molar-refractivity contribution is 0.466. The molecule has 0 bridgehead atoms. The first kappa shape index (κ1) is 9.65. The van der Waals surface area contributed by atoms with Crippen molar-refractivity contribution >= 4 is 10.1 Å². The van der Waals surface area contributed by atoms with E-state index in [0.29, 0.717) is 12.8 Å². The molecule has 0 heterocycles. The molecule has 0 aliphatic rings. The van der Waals surface area contributed by atoms with Gasteiger partial charge in [0.2, 0.25) is 0 Å². The summed E-state index contributed by atoms with van der Waals surface area (Å²) in [7, 11) is -3.82. The van der Waals surface area contributed by atoms with Crippen molar-refractivity contribution in [2.24, 2.45) is 0 Å². The first-order valence-electron chi connectivity index (χ1n) is 3.05. The Morgan fingerprint density at radius 1 is 1.70 bits per heavy atom. The fourth-order valence-corrected chi connectivity index (χ4v) is 0.935. The molecule has 0 aromatic rings. The van der Waals surface area contributed by atoms with Crippen LogP contribution in [0.2, 0.25) is 0 Å². The van der Waals surface area contributed by atoms with Crippen molar-refractivity contribution in [3.63, 3.8) is 0 Å². The first-order chi connectivity index (χ1) is 4.48. The fourth-order valence-electron chi connectivity index (χ4n) is 0.501. The Morgan fingerprint density at radius 3 is 2.50 bits per heavy atom. The molecule has 1 N–H and O–H groups in total. The second-order valence-electron chi connectivity index (χ2n) is 2.19. The van der Waals surface area contributed by atoms with Gasteiger partial charge in [0.25, 0.3) is 10.1 Å². The molecule has 10 heavy (non-hydrogen) atoms. The summed E-state index contributed by atoms with van der Waals surface area (Å²) in [6.45, 7) is 4.91. The molecular formula is C6H12O3S. The zero-order valence-electron chi connectivity index (χ0n) is 5.95. The molecule has 0 aromatic heterocycles. The zero-order chi connectivity index (χ0) is 8.20. The first-order valence-corrected chi connectivity index (χ1v) is 4.56. The van der Waals surface area contributed by atoms with Crippen LogP contribution in [-0.2, 0) is 10.1 Å². The van der Waals surface area contributed by atoms with E-state index < -0.39 is 15.4 Å². The molecule has 0 amide bonds. The highest BCUT2D eigenvalue weighted by Gasteiger charge is 2.15. The zero-order valence-corrected chi connectivity index (χ0v) is 6.76. The third-order valence-corrected chi connectivity index (χ3v) is 2.54. The van der Waals surface area contributed by atoms with Crippen molar-refractivity contribution < 1.29 is 13.0 Å². The molecule has 60 valence electrons. The average Bonchev–Trinajstić information content (AvgIpc) is 1.80. The van der Waals surface area contributed by atoms with Crippen molar-refractivity contribution in [3.8, 4) is 0 Å². The van der Waals surface area contributed by atoms with Crippen LogP contribution < -0.4 is 0 Å². The number of allylic oxidation sites excluding steroid dienone is 1. The molecule has 1 atom stereocenters. The van der Waals surface area contributed by atoms with Gasteiger partial charge in [-0.2, -0.15) is 8.42 Å². The van der Waals surface area contributed by atoms with Crippen molar-refractivity contribution in [1.29, 1.82) is 0 Å². The third-order valence-electron chi connectivity index (χ3n) is 1.29. The lowest BCUT2D eigenvalue weighted by atomic mass is 10.2. The van der Waals surface area contributed by atoms with E-state index in [2.05, 4.69) is 6.58 Å². The summed E-state index contributed by atoms with van der Waals surface area (Å²) >= 11 is 0. The van der Waals surface area contributed by atoms with Crippen LogP contribution in [0.15, 0.2) is 12.7 Å². The molecule has 0 saturated heterocycles. The van der Waals surface area contributed by atoms with Gasteiger partial charge < -0.3 is 0 Å². The van der Waals surface area contributed by atoms with Crippen molar-refractivity contribution in [1.82, 2.24) is 0 Å². The van der Waals surface area contributed by atoms with Crippen LogP contribution in [-0.4, -0.2) is 18.2 Å². The number of hydrogen-bond acceptors (Lipinski definition) is 2. The minimum Gasteiger partial charge on any atom is -0.285 e. The molecule has 1 unspecified atom stereocenters. The maximum atomic E-state index is 10.4. The fraction of sp³-hybridized carbons (Fsp3) is 0.667. The average molecular weight is 164 g/mol. The van der Waals surface area contributed by atoms with E-state index in [1.807, 2.05) is 0 Å². The quantitative estimate of drug-likeness (QED) is 0.502. The minimum atomic E-state index is -3.82. The van der Waals surface area contributed by atoms with Gasteiger partial charge in [0, 0.05) is 0 Å². The van der Waals surface area contributed by atoms with Crippen LogP contribution in [0.5, 0.6) is 0 Å². The van der Waals surface area contributed by atoms with Gasteiger partial charge in [-0.25, -0.2) is 0 Å². The van der Waals surface area contributed by atoms with Gasteiger partial charge in [-0.1, -0.05) is 6.08 Å². The Bertz CT molecular complexity index is 193. The van der Waals surface area contributed by atoms with Gasteiger partial charge in [-0.15, -0.1) is 6.58 Å². The predicted octanol–water partition coefficient (Wildman–Crippen LogP) is 1.23. The lowest BCUT2D eigenvalue weighted by Gasteiger charge is -2.03. The van der Waals surface area contributed by atoms with E-state index in [4.69, 9.17) is 4.55 Å². The lowest BCUT2D eigenvalue weighted by Crippen LogP contribution is -2.15. The van der Waals surface area contributed by atoms with Gasteiger partial charge in [-0.05, 0) is 19.8 Å². The smallest absolute Gasteiger partial charge is 0.267 e. The molecule has 3 nitrogen and oxygen atoms in total. The Hall–Kier alpha value is -0.350. The predicted molar refractivity (Wildman–Crippen MR) is 40.4 cm³/mol. The van der Waals surface area contributed by atoms with Gasteiger partial charge in [0.1, 0.15) is 0 Å². The Kier molecular flexibility index (Phi) is 3.60. The summed E-state index contributed by atoms with van der Waals surface area (Å²) < 4.78 is 29.2. The van der Waals surface area contributed by atoms with Crippen LogP contribution in [0.25, 0.3) is 0 Å². The molecule has 0 saturated carbocycles. The number of hydrogen-bond donors (Lipinski definition) is 1. The standard InChI is InChI=1S/C6H12O3S/c1-3-4-5-6(2)10(7,8)9/h3,6H,1,4-5H2,2H3,(H,7,8,9). The second kappa shape index (κ2) is 3.73. The van der Waals surface area contributed by atoms with E-state index in [-0.39, 0.29) is 0 Å². The highest BCUT2D eigenvalue weighted by molar-refractivity contribution is 7.86. The molecule has 0 aliphatic carbocycles. The topological polar surface area (TPSA) is 54.4 Å². The van der Waals surface area contributed by atoms with Gasteiger partial charge in [-0.3, -0.25) is 4.55 Å². The van der Waals surface area contributed by atoms with Crippen LogP contribution >= 0.6 is 0 Å². The van der Waals surface area contributed by atoms with Crippen LogP contribution in [0.4, 0.5) is 0 Å². The minimum absolute atomic E-state index is 0.433. The van der Waals surface area contributed by atoms with Crippen LogP contribution in [0.1, 0.15) is 19.8 Å². The highest BCUT2D eigenvalue weighted by atomic mass is 32.2. The van der Waals surface area contributed by atoms with E-state index in [1.54, 1.807) is 6.08 Å². The maximum Gasteiger partial charge on any atom is 0.267 e. The normalized spacial score (nSPS) is 14.6. The van der Waals surface area contributed by atoms with Gasteiger partial charge in [0.15, 0.2) is 0 Å². The summed E-state index contributed by atoms with van der Waals surface area (Å²) in [5.41, 5.74) is 0. The van der Waals surface area contributed by atoms with Crippen molar-refractivity contribution in [2.45, 2.75) is 25.0 Å². The molecule has 0 radical (unpaired) electrons. The van der Waals surface area contributed by atoms with E-state index in [9.17, 15) is 8.42 Å². The van der Waals surface area contributed by atoms with Gasteiger partial charge in [0.05, 0.1) is 5.25 Å². The summed E-state index contributed by atoms with van der Waals surface area (Å²) in [6.07, 6.45) is 2.67. The Balaban J connectivity index is 3.86. The third kappa shape index (κ3) is 3.63. The Morgan fingerprint density at radius 2 is 2.20 bits per heavy atom. The van der Waals surface area contributed by atoms with E-state index >= 15 is 0 Å². The molecule has 0 aliphatic heterocycles. The van der Waals surface area contributed by atoms with E-state index in [0.717, 1.165) is 0 Å². The molecule has 0 spiro atoms. The van der Waals surface area contributed by atoms with Crippen LogP contribution in [0, 0.1) is 0 Å².